The SMILES string of the molecule is COc1cccc([C@@H]2C(C(=O)OC(C)C)=C(C)N=c3s/c(=C\c4c[nH]c5ccccc45)c(=O)n32)c1. The van der Waals surface area contributed by atoms with E-state index in [0.717, 1.165) is 22.0 Å². The quantitative estimate of drug-likeness (QED) is 0.435. The molecular weight excluding hydrogens is 462 g/mol. The number of aromatic amines is 1. The van der Waals surface area contributed by atoms with Crippen molar-refractivity contribution < 1.29 is 14.3 Å². The van der Waals surface area contributed by atoms with Crippen LogP contribution in [-0.2, 0) is 9.53 Å². The van der Waals surface area contributed by atoms with Crippen LogP contribution in [-0.4, -0.2) is 28.7 Å². The third-order valence-electron chi connectivity index (χ3n) is 5.90. The number of nitrogens with zero attached hydrogens (tertiary/aromatic N) is 2. The zero-order valence-corrected chi connectivity index (χ0v) is 20.7. The number of hydrogen-bond donors (Lipinski definition) is 1. The van der Waals surface area contributed by atoms with Crippen LogP contribution in [0, 0.1) is 0 Å². The van der Waals surface area contributed by atoms with Crippen molar-refractivity contribution >= 4 is 34.3 Å². The predicted octanol–water partition coefficient (Wildman–Crippen LogP) is 3.68. The number of ether oxygens (including phenoxy) is 2. The fourth-order valence-electron chi connectivity index (χ4n) is 4.34. The van der Waals surface area contributed by atoms with Gasteiger partial charge in [0.2, 0.25) is 0 Å². The number of H-pyrrole nitrogens is 1. The summed E-state index contributed by atoms with van der Waals surface area (Å²) in [4.78, 5) is 35.4. The van der Waals surface area contributed by atoms with Gasteiger partial charge < -0.3 is 14.5 Å². The fourth-order valence-corrected chi connectivity index (χ4v) is 5.38. The maximum absolute atomic E-state index is 13.8. The van der Waals surface area contributed by atoms with E-state index >= 15 is 0 Å². The van der Waals surface area contributed by atoms with Crippen LogP contribution in [0.4, 0.5) is 0 Å². The minimum Gasteiger partial charge on any atom is -0.497 e. The maximum Gasteiger partial charge on any atom is 0.338 e. The average molecular weight is 488 g/mol. The summed E-state index contributed by atoms with van der Waals surface area (Å²) in [5, 5.41) is 1.03. The molecule has 0 fully saturated rings. The Hall–Kier alpha value is -3.91. The first-order valence-corrected chi connectivity index (χ1v) is 12.1. The highest BCUT2D eigenvalue weighted by Gasteiger charge is 2.34. The lowest BCUT2D eigenvalue weighted by Crippen LogP contribution is -2.40. The number of thiazole rings is 1. The highest BCUT2D eigenvalue weighted by atomic mass is 32.1. The van der Waals surface area contributed by atoms with E-state index in [1.165, 1.54) is 11.3 Å². The number of carbonyl (C=O) groups excluding carboxylic acids is 1. The molecule has 2 aromatic heterocycles. The molecule has 178 valence electrons. The van der Waals surface area contributed by atoms with Crippen molar-refractivity contribution in [1.82, 2.24) is 9.55 Å². The van der Waals surface area contributed by atoms with E-state index in [0.29, 0.717) is 26.4 Å². The van der Waals surface area contributed by atoms with Gasteiger partial charge in [-0.25, -0.2) is 9.79 Å². The molecule has 1 aliphatic heterocycles. The van der Waals surface area contributed by atoms with Crippen LogP contribution in [0.5, 0.6) is 5.75 Å². The molecule has 1 atom stereocenters. The topological polar surface area (TPSA) is 85.7 Å². The summed E-state index contributed by atoms with van der Waals surface area (Å²) in [7, 11) is 1.58. The lowest BCUT2D eigenvalue weighted by atomic mass is 9.95. The Balaban J connectivity index is 1.74. The van der Waals surface area contributed by atoms with E-state index in [1.54, 1.807) is 32.4 Å². The number of esters is 1. The number of fused-ring (bicyclic) bond motifs is 2. The summed E-state index contributed by atoms with van der Waals surface area (Å²) in [5.41, 5.74) is 3.32. The molecule has 0 radical (unpaired) electrons. The lowest BCUT2D eigenvalue weighted by Gasteiger charge is -2.25. The van der Waals surface area contributed by atoms with E-state index < -0.39 is 12.0 Å². The molecule has 3 heterocycles. The van der Waals surface area contributed by atoms with Crippen molar-refractivity contribution in [1.29, 1.82) is 0 Å². The van der Waals surface area contributed by atoms with Crippen LogP contribution in [0.25, 0.3) is 17.0 Å². The van der Waals surface area contributed by atoms with Gasteiger partial charge in [0.15, 0.2) is 4.80 Å². The number of benzene rings is 2. The molecule has 4 aromatic rings. The molecule has 0 saturated heterocycles. The van der Waals surface area contributed by atoms with Crippen LogP contribution in [0.15, 0.2) is 75.8 Å². The van der Waals surface area contributed by atoms with Crippen molar-refractivity contribution in [2.24, 2.45) is 4.99 Å². The molecule has 0 saturated carbocycles. The van der Waals surface area contributed by atoms with Crippen molar-refractivity contribution in [2.45, 2.75) is 32.9 Å². The van der Waals surface area contributed by atoms with E-state index in [-0.39, 0.29) is 11.7 Å². The maximum atomic E-state index is 13.8. The predicted molar refractivity (Wildman–Crippen MR) is 136 cm³/mol. The zero-order valence-electron chi connectivity index (χ0n) is 19.9. The minimum absolute atomic E-state index is 0.214. The van der Waals surface area contributed by atoms with Gasteiger partial charge in [-0.1, -0.05) is 41.7 Å². The number of methoxy groups -OCH3 is 1. The molecule has 5 rings (SSSR count). The van der Waals surface area contributed by atoms with Gasteiger partial charge in [0.05, 0.1) is 35.1 Å². The normalized spacial score (nSPS) is 15.9. The average Bonchev–Trinajstić information content (AvgIpc) is 3.38. The molecule has 8 heteroatoms. The van der Waals surface area contributed by atoms with E-state index in [1.807, 2.05) is 60.8 Å². The van der Waals surface area contributed by atoms with E-state index in [4.69, 9.17) is 9.47 Å². The van der Waals surface area contributed by atoms with Crippen molar-refractivity contribution in [3.05, 3.63) is 96.8 Å². The number of nitrogens with one attached hydrogen (secondary N) is 1. The van der Waals surface area contributed by atoms with Gasteiger partial charge >= 0.3 is 5.97 Å². The summed E-state index contributed by atoms with van der Waals surface area (Å²) < 4.78 is 13.1. The Morgan fingerprint density at radius 3 is 2.77 bits per heavy atom. The Kier molecular flexibility index (Phi) is 5.90. The molecule has 1 aliphatic rings. The van der Waals surface area contributed by atoms with Gasteiger partial charge in [0.1, 0.15) is 5.75 Å². The smallest absolute Gasteiger partial charge is 0.338 e. The molecule has 0 unspecified atom stereocenters. The Morgan fingerprint density at radius 1 is 1.20 bits per heavy atom. The first-order chi connectivity index (χ1) is 16.9. The van der Waals surface area contributed by atoms with Crippen LogP contribution < -0.4 is 19.6 Å². The molecule has 2 aromatic carbocycles. The zero-order chi connectivity index (χ0) is 24.7. The van der Waals surface area contributed by atoms with Gasteiger partial charge in [-0.15, -0.1) is 0 Å². The Labute approximate surface area is 205 Å². The van der Waals surface area contributed by atoms with Crippen molar-refractivity contribution in [3.63, 3.8) is 0 Å². The van der Waals surface area contributed by atoms with Crippen LogP contribution in [0.3, 0.4) is 0 Å². The number of para-hydroxylation sites is 1. The molecule has 0 bridgehead atoms. The second-order valence-corrected chi connectivity index (χ2v) is 9.61. The Morgan fingerprint density at radius 2 is 2.00 bits per heavy atom. The van der Waals surface area contributed by atoms with Gasteiger partial charge in [-0.05, 0) is 50.6 Å². The lowest BCUT2D eigenvalue weighted by molar-refractivity contribution is -0.143. The number of allylic oxidation sites excluding steroid dienone is 1. The Bertz CT molecular complexity index is 1660. The van der Waals surface area contributed by atoms with Crippen LogP contribution in [0.1, 0.15) is 37.9 Å². The third-order valence-corrected chi connectivity index (χ3v) is 6.88. The molecule has 1 N–H and O–H groups in total. The summed E-state index contributed by atoms with van der Waals surface area (Å²) >= 11 is 1.31. The van der Waals surface area contributed by atoms with Gasteiger partial charge in [0, 0.05) is 22.7 Å². The summed E-state index contributed by atoms with van der Waals surface area (Å²) in [6, 6.07) is 14.6. The number of carbonyl (C=O) groups is 1. The summed E-state index contributed by atoms with van der Waals surface area (Å²) in [5.74, 6) is 0.148. The van der Waals surface area contributed by atoms with E-state index in [9.17, 15) is 9.59 Å². The van der Waals surface area contributed by atoms with E-state index in [2.05, 4.69) is 9.98 Å². The highest BCUT2D eigenvalue weighted by molar-refractivity contribution is 7.07. The molecule has 0 amide bonds. The molecule has 0 aliphatic carbocycles. The summed E-state index contributed by atoms with van der Waals surface area (Å²) in [6.07, 6.45) is 3.45. The fraction of sp³-hybridized carbons (Fsp3) is 0.222. The second-order valence-electron chi connectivity index (χ2n) is 8.60. The van der Waals surface area contributed by atoms with Gasteiger partial charge in [-0.2, -0.15) is 0 Å². The van der Waals surface area contributed by atoms with Crippen LogP contribution in [0.2, 0.25) is 0 Å². The number of aromatic nitrogens is 2. The first-order valence-electron chi connectivity index (χ1n) is 11.3. The van der Waals surface area contributed by atoms with Gasteiger partial charge in [-0.3, -0.25) is 9.36 Å². The van der Waals surface area contributed by atoms with Crippen molar-refractivity contribution in [2.75, 3.05) is 7.11 Å². The standard InChI is InChI=1S/C27H25N3O4S/c1-15(2)34-26(32)23-16(3)29-27-30(24(23)17-8-7-9-19(12-17)33-4)25(31)22(35-27)13-18-14-28-21-11-6-5-10-20(18)21/h5-15,24,28H,1-4H3/b22-13-/t24-/m1/s1. The van der Waals surface area contributed by atoms with Crippen LogP contribution >= 0.6 is 11.3 Å². The molecule has 35 heavy (non-hydrogen) atoms. The minimum atomic E-state index is -0.683. The highest BCUT2D eigenvalue weighted by Crippen LogP contribution is 2.32. The monoisotopic (exact) mass is 487 g/mol. The van der Waals surface area contributed by atoms with Gasteiger partial charge in [0.25, 0.3) is 5.56 Å². The molecule has 7 nitrogen and oxygen atoms in total. The van der Waals surface area contributed by atoms with Crippen molar-refractivity contribution in [3.8, 4) is 5.75 Å². The third kappa shape index (κ3) is 4.10. The molecule has 0 spiro atoms. The summed E-state index contributed by atoms with van der Waals surface area (Å²) in [6.45, 7) is 5.37. The first kappa shape index (κ1) is 22.9. The second kappa shape index (κ2) is 9.03. The largest absolute Gasteiger partial charge is 0.497 e. The molecular formula is C27H25N3O4S. The number of rotatable bonds is 5. The number of hydrogen-bond acceptors (Lipinski definition) is 6.